The van der Waals surface area contributed by atoms with Gasteiger partial charge >= 0.3 is 5.97 Å². The van der Waals surface area contributed by atoms with Crippen LogP contribution in [-0.4, -0.2) is 34.0 Å². The molecule has 0 aliphatic carbocycles. The molecule has 1 aromatic heterocycles. The third-order valence-corrected chi connectivity index (χ3v) is 6.37. The number of carboxylic acids is 1. The summed E-state index contributed by atoms with van der Waals surface area (Å²) in [6.07, 6.45) is 0.833. The average molecular weight is 372 g/mol. The van der Waals surface area contributed by atoms with E-state index in [1.165, 1.54) is 23.1 Å². The summed E-state index contributed by atoms with van der Waals surface area (Å²) in [5, 5.41) is 12.0. The van der Waals surface area contributed by atoms with Crippen LogP contribution in [0.3, 0.4) is 0 Å². The number of hydrogen-bond donors (Lipinski definition) is 2. The smallest absolute Gasteiger partial charge is 0.317 e. The standard InChI is InChI=1S/C18H29NO3S2/c1-11(2)9-13(10-23-15(17(21)22)18(4,5)6)19-16(20)14-8-7-12(3)24-14/h7-8,11,13,15H,9-10H2,1-6H3,(H,19,20)(H,21,22). The quantitative estimate of drug-likeness (QED) is 0.709. The summed E-state index contributed by atoms with van der Waals surface area (Å²) >= 11 is 2.90. The Morgan fingerprint density at radius 3 is 2.33 bits per heavy atom. The Labute approximate surface area is 153 Å². The van der Waals surface area contributed by atoms with Crippen LogP contribution in [0.4, 0.5) is 0 Å². The van der Waals surface area contributed by atoms with Crippen LogP contribution in [-0.2, 0) is 4.79 Å². The molecule has 2 N–H and O–H groups in total. The number of thiophene rings is 1. The molecule has 2 unspecified atom stereocenters. The summed E-state index contributed by atoms with van der Waals surface area (Å²) < 4.78 is 0. The molecule has 24 heavy (non-hydrogen) atoms. The lowest BCUT2D eigenvalue weighted by atomic mass is 9.92. The van der Waals surface area contributed by atoms with Gasteiger partial charge in [0.1, 0.15) is 5.25 Å². The molecular weight excluding hydrogens is 342 g/mol. The number of carbonyl (C=O) groups excluding carboxylic acids is 1. The van der Waals surface area contributed by atoms with E-state index in [1.54, 1.807) is 0 Å². The predicted molar refractivity (Wildman–Crippen MR) is 103 cm³/mol. The summed E-state index contributed by atoms with van der Waals surface area (Å²) in [4.78, 5) is 25.7. The lowest BCUT2D eigenvalue weighted by Gasteiger charge is -2.28. The van der Waals surface area contributed by atoms with Gasteiger partial charge in [-0.25, -0.2) is 0 Å². The Bertz CT molecular complexity index is 561. The molecule has 0 fully saturated rings. The highest BCUT2D eigenvalue weighted by molar-refractivity contribution is 8.00. The van der Waals surface area contributed by atoms with Crippen LogP contribution >= 0.6 is 23.1 Å². The molecular formula is C18H29NO3S2. The fourth-order valence-electron chi connectivity index (χ4n) is 2.45. The van der Waals surface area contributed by atoms with Crippen LogP contribution < -0.4 is 5.32 Å². The number of amides is 1. The molecule has 0 saturated carbocycles. The Balaban J connectivity index is 2.74. The maximum Gasteiger partial charge on any atom is 0.317 e. The molecule has 0 aromatic carbocycles. The zero-order valence-electron chi connectivity index (χ0n) is 15.4. The zero-order chi connectivity index (χ0) is 18.5. The topological polar surface area (TPSA) is 66.4 Å². The molecule has 4 nitrogen and oxygen atoms in total. The fourth-order valence-corrected chi connectivity index (χ4v) is 4.51. The van der Waals surface area contributed by atoms with Crippen molar-refractivity contribution in [1.82, 2.24) is 5.32 Å². The minimum Gasteiger partial charge on any atom is -0.480 e. The van der Waals surface area contributed by atoms with E-state index in [4.69, 9.17) is 0 Å². The summed E-state index contributed by atoms with van der Waals surface area (Å²) in [6, 6.07) is 3.74. The van der Waals surface area contributed by atoms with E-state index in [9.17, 15) is 14.7 Å². The molecule has 0 saturated heterocycles. The highest BCUT2D eigenvalue weighted by Gasteiger charge is 2.32. The minimum absolute atomic E-state index is 0.0332. The van der Waals surface area contributed by atoms with Gasteiger partial charge in [0.2, 0.25) is 0 Å². The van der Waals surface area contributed by atoms with Crippen molar-refractivity contribution in [1.29, 1.82) is 0 Å². The Morgan fingerprint density at radius 1 is 1.29 bits per heavy atom. The van der Waals surface area contributed by atoms with Crippen molar-refractivity contribution in [3.8, 4) is 0 Å². The predicted octanol–water partition coefficient (Wildman–Crippen LogP) is 4.43. The Hall–Kier alpha value is -1.01. The Kier molecular flexibility index (Phi) is 7.80. The Morgan fingerprint density at radius 2 is 1.92 bits per heavy atom. The van der Waals surface area contributed by atoms with Crippen LogP contribution in [0.25, 0.3) is 0 Å². The lowest BCUT2D eigenvalue weighted by molar-refractivity contribution is -0.138. The lowest BCUT2D eigenvalue weighted by Crippen LogP contribution is -2.39. The van der Waals surface area contributed by atoms with Crippen molar-refractivity contribution >= 4 is 35.0 Å². The molecule has 0 radical (unpaired) electrons. The van der Waals surface area contributed by atoms with Crippen molar-refractivity contribution < 1.29 is 14.7 Å². The van der Waals surface area contributed by atoms with Gasteiger partial charge in [0.05, 0.1) is 4.88 Å². The first kappa shape index (κ1) is 21.0. The SMILES string of the molecule is Cc1ccc(C(=O)NC(CSC(C(=O)O)C(C)(C)C)CC(C)C)s1. The number of aryl methyl sites for hydroxylation is 1. The van der Waals surface area contributed by atoms with Gasteiger partial charge in [-0.15, -0.1) is 23.1 Å². The van der Waals surface area contributed by atoms with Crippen molar-refractivity contribution in [3.05, 3.63) is 21.9 Å². The van der Waals surface area contributed by atoms with Gasteiger partial charge in [-0.1, -0.05) is 34.6 Å². The van der Waals surface area contributed by atoms with Gasteiger partial charge in [0, 0.05) is 16.7 Å². The summed E-state index contributed by atoms with van der Waals surface area (Å²) in [6.45, 7) is 12.0. The van der Waals surface area contributed by atoms with E-state index in [1.807, 2.05) is 39.8 Å². The second-order valence-corrected chi connectivity index (χ2v) is 10.1. The third-order valence-electron chi connectivity index (χ3n) is 3.53. The molecule has 136 valence electrons. The number of carbonyl (C=O) groups is 2. The molecule has 1 amide bonds. The van der Waals surface area contributed by atoms with Gasteiger partial charge in [0.25, 0.3) is 5.91 Å². The number of thioether (sulfide) groups is 1. The van der Waals surface area contributed by atoms with Crippen LogP contribution in [0.15, 0.2) is 12.1 Å². The van der Waals surface area contributed by atoms with E-state index < -0.39 is 11.2 Å². The van der Waals surface area contributed by atoms with Crippen LogP contribution in [0.1, 0.15) is 55.6 Å². The first-order valence-corrected chi connectivity index (χ1v) is 10.1. The fraction of sp³-hybridized carbons (Fsp3) is 0.667. The van der Waals surface area contributed by atoms with Crippen LogP contribution in [0.5, 0.6) is 0 Å². The normalized spacial score (nSPS) is 14.5. The molecule has 2 atom stereocenters. The van der Waals surface area contributed by atoms with Crippen molar-refractivity contribution in [2.45, 2.75) is 59.3 Å². The van der Waals surface area contributed by atoms with E-state index in [2.05, 4.69) is 19.2 Å². The highest BCUT2D eigenvalue weighted by atomic mass is 32.2. The minimum atomic E-state index is -0.795. The second kappa shape index (κ2) is 8.90. The van der Waals surface area contributed by atoms with Crippen molar-refractivity contribution in [2.24, 2.45) is 11.3 Å². The van der Waals surface area contributed by atoms with Gasteiger partial charge in [0.15, 0.2) is 0 Å². The van der Waals surface area contributed by atoms with E-state index in [0.29, 0.717) is 16.5 Å². The van der Waals surface area contributed by atoms with Gasteiger partial charge < -0.3 is 10.4 Å². The molecule has 0 spiro atoms. The molecule has 0 aliphatic heterocycles. The average Bonchev–Trinajstić information content (AvgIpc) is 2.82. The number of nitrogens with one attached hydrogen (secondary N) is 1. The maximum absolute atomic E-state index is 12.4. The molecule has 0 aliphatic rings. The molecule has 1 heterocycles. The van der Waals surface area contributed by atoms with E-state index in [-0.39, 0.29) is 17.4 Å². The number of carboxylic acid groups (broad SMARTS) is 1. The van der Waals surface area contributed by atoms with Crippen molar-refractivity contribution in [2.75, 3.05) is 5.75 Å². The summed E-state index contributed by atoms with van der Waals surface area (Å²) in [5.74, 6) is 0.166. The van der Waals surface area contributed by atoms with Crippen molar-refractivity contribution in [3.63, 3.8) is 0 Å². The van der Waals surface area contributed by atoms with Crippen LogP contribution in [0.2, 0.25) is 0 Å². The summed E-state index contributed by atoms with van der Waals surface area (Å²) in [7, 11) is 0. The molecule has 6 heteroatoms. The number of hydrogen-bond acceptors (Lipinski definition) is 4. The first-order valence-electron chi connectivity index (χ1n) is 8.22. The highest BCUT2D eigenvalue weighted by Crippen LogP contribution is 2.31. The van der Waals surface area contributed by atoms with E-state index >= 15 is 0 Å². The largest absolute Gasteiger partial charge is 0.480 e. The summed E-state index contributed by atoms with van der Waals surface area (Å²) in [5.41, 5.74) is -0.326. The van der Waals surface area contributed by atoms with E-state index in [0.717, 1.165) is 11.3 Å². The van der Waals surface area contributed by atoms with Gasteiger partial charge in [-0.05, 0) is 36.8 Å². The first-order chi connectivity index (χ1) is 11.0. The monoisotopic (exact) mass is 371 g/mol. The second-order valence-electron chi connectivity index (χ2n) is 7.63. The third kappa shape index (κ3) is 6.85. The van der Waals surface area contributed by atoms with Gasteiger partial charge in [-0.3, -0.25) is 9.59 Å². The number of aliphatic carboxylic acids is 1. The number of rotatable bonds is 8. The molecule has 0 bridgehead atoms. The van der Waals surface area contributed by atoms with Crippen LogP contribution in [0, 0.1) is 18.3 Å². The maximum atomic E-state index is 12.4. The molecule has 1 aromatic rings. The van der Waals surface area contributed by atoms with Gasteiger partial charge in [-0.2, -0.15) is 0 Å². The zero-order valence-corrected chi connectivity index (χ0v) is 17.0. The molecule has 1 rings (SSSR count).